The first kappa shape index (κ1) is 12.0. The second-order valence-corrected chi connectivity index (χ2v) is 6.17. The smallest absolute Gasteiger partial charge is 0.146 e. The van der Waals surface area contributed by atoms with E-state index < -0.39 is 0 Å². The van der Waals surface area contributed by atoms with E-state index in [-0.39, 0.29) is 11.2 Å². The minimum Gasteiger partial charge on any atom is -0.379 e. The lowest BCUT2D eigenvalue weighted by atomic mass is 9.57. The summed E-state index contributed by atoms with van der Waals surface area (Å²) in [6.45, 7) is 7.14. The third kappa shape index (κ3) is 1.64. The molecule has 0 amide bonds. The van der Waals surface area contributed by atoms with Crippen LogP contribution < -0.4 is 5.32 Å². The average molecular weight is 249 g/mol. The molecule has 2 aliphatic rings. The molecular weight excluding hydrogens is 229 g/mol. The fraction of sp³-hybridized carbons (Fsp3) is 0.600. The van der Waals surface area contributed by atoms with Crippen LogP contribution in [0.25, 0.3) is 0 Å². The quantitative estimate of drug-likeness (QED) is 0.867. The number of fused-ring (bicyclic) bond motifs is 1. The largest absolute Gasteiger partial charge is 0.379 e. The summed E-state index contributed by atoms with van der Waals surface area (Å²) >= 11 is 0. The molecule has 0 radical (unpaired) electrons. The number of hydrogen-bond acceptors (Lipinski definition) is 2. The van der Waals surface area contributed by atoms with Gasteiger partial charge in [-0.15, -0.1) is 0 Å². The molecule has 2 nitrogen and oxygen atoms in total. The summed E-state index contributed by atoms with van der Waals surface area (Å²) in [4.78, 5) is 0. The minimum absolute atomic E-state index is 0.0818. The van der Waals surface area contributed by atoms with Crippen molar-refractivity contribution >= 4 is 5.69 Å². The fourth-order valence-corrected chi connectivity index (χ4v) is 3.52. The molecule has 2 fully saturated rings. The van der Waals surface area contributed by atoms with Gasteiger partial charge in [-0.2, -0.15) is 0 Å². The molecule has 1 saturated carbocycles. The number of ether oxygens (including phenoxy) is 1. The number of rotatable bonds is 2. The van der Waals surface area contributed by atoms with Gasteiger partial charge in [-0.25, -0.2) is 4.39 Å². The number of hydrogen-bond donors (Lipinski definition) is 1. The lowest BCUT2D eigenvalue weighted by Crippen LogP contribution is -2.63. The van der Waals surface area contributed by atoms with E-state index >= 15 is 0 Å². The molecule has 1 aromatic carbocycles. The predicted molar refractivity (Wildman–Crippen MR) is 70.2 cm³/mol. The van der Waals surface area contributed by atoms with Gasteiger partial charge in [0.2, 0.25) is 0 Å². The third-order valence-electron chi connectivity index (χ3n) is 4.54. The Morgan fingerprint density at radius 2 is 2.17 bits per heavy atom. The van der Waals surface area contributed by atoms with Crippen LogP contribution in [0.5, 0.6) is 0 Å². The topological polar surface area (TPSA) is 21.3 Å². The van der Waals surface area contributed by atoms with Crippen molar-refractivity contribution in [2.24, 2.45) is 11.3 Å². The van der Waals surface area contributed by atoms with Crippen molar-refractivity contribution in [3.8, 4) is 0 Å². The Morgan fingerprint density at radius 3 is 2.89 bits per heavy atom. The second kappa shape index (κ2) is 3.95. The van der Waals surface area contributed by atoms with Crippen molar-refractivity contribution in [1.29, 1.82) is 0 Å². The molecule has 1 saturated heterocycles. The maximum Gasteiger partial charge on any atom is 0.146 e. The van der Waals surface area contributed by atoms with E-state index in [1.165, 1.54) is 0 Å². The number of halogens is 1. The van der Waals surface area contributed by atoms with Gasteiger partial charge >= 0.3 is 0 Å². The summed E-state index contributed by atoms with van der Waals surface area (Å²) in [5.74, 6) is 0.369. The van der Waals surface area contributed by atoms with E-state index in [0.717, 1.165) is 18.6 Å². The lowest BCUT2D eigenvalue weighted by molar-refractivity contribution is -0.0923. The summed E-state index contributed by atoms with van der Waals surface area (Å²) in [7, 11) is 0. The van der Waals surface area contributed by atoms with Crippen LogP contribution in [-0.4, -0.2) is 18.8 Å². The Balaban J connectivity index is 1.80. The SMILES string of the molecule is Cc1ccc(NC2C3CCOC3C2(C)C)c(F)c1. The first-order valence-corrected chi connectivity index (χ1v) is 6.64. The van der Waals surface area contributed by atoms with Crippen LogP contribution in [0.1, 0.15) is 25.8 Å². The molecule has 98 valence electrons. The van der Waals surface area contributed by atoms with E-state index in [1.54, 1.807) is 6.07 Å². The van der Waals surface area contributed by atoms with Gasteiger partial charge in [-0.05, 0) is 31.0 Å². The molecule has 3 heteroatoms. The van der Waals surface area contributed by atoms with Gasteiger partial charge in [0.15, 0.2) is 0 Å². The Morgan fingerprint density at radius 1 is 1.39 bits per heavy atom. The van der Waals surface area contributed by atoms with E-state index in [2.05, 4.69) is 19.2 Å². The highest BCUT2D eigenvalue weighted by atomic mass is 19.1. The molecule has 3 unspecified atom stereocenters. The number of nitrogens with one attached hydrogen (secondary N) is 1. The van der Waals surface area contributed by atoms with Gasteiger partial charge in [0, 0.05) is 24.0 Å². The maximum absolute atomic E-state index is 13.9. The van der Waals surface area contributed by atoms with Crippen LogP contribution in [0, 0.1) is 24.1 Å². The summed E-state index contributed by atoms with van der Waals surface area (Å²) in [6.07, 6.45) is 1.42. The van der Waals surface area contributed by atoms with Crippen molar-refractivity contribution in [1.82, 2.24) is 0 Å². The summed E-state index contributed by atoms with van der Waals surface area (Å²) < 4.78 is 19.6. The molecule has 1 aliphatic heterocycles. The summed E-state index contributed by atoms with van der Waals surface area (Å²) in [5, 5.41) is 3.38. The predicted octanol–water partition coefficient (Wildman–Crippen LogP) is 3.36. The van der Waals surface area contributed by atoms with E-state index in [9.17, 15) is 4.39 Å². The van der Waals surface area contributed by atoms with Crippen LogP contribution in [0.4, 0.5) is 10.1 Å². The molecule has 3 atom stereocenters. The highest BCUT2D eigenvalue weighted by molar-refractivity contribution is 5.48. The van der Waals surface area contributed by atoms with E-state index in [0.29, 0.717) is 23.8 Å². The van der Waals surface area contributed by atoms with Crippen molar-refractivity contribution < 1.29 is 9.13 Å². The average Bonchev–Trinajstić information content (AvgIpc) is 2.74. The van der Waals surface area contributed by atoms with E-state index in [1.807, 2.05) is 19.1 Å². The molecule has 1 heterocycles. The normalized spacial score (nSPS) is 32.8. The highest BCUT2D eigenvalue weighted by Gasteiger charge is 2.59. The van der Waals surface area contributed by atoms with E-state index in [4.69, 9.17) is 4.74 Å². The molecule has 0 aromatic heterocycles. The van der Waals surface area contributed by atoms with Crippen LogP contribution in [-0.2, 0) is 4.74 Å². The molecule has 0 spiro atoms. The Bertz CT molecular complexity index is 472. The van der Waals surface area contributed by atoms with Crippen LogP contribution in [0.3, 0.4) is 0 Å². The second-order valence-electron chi connectivity index (χ2n) is 6.17. The van der Waals surface area contributed by atoms with Crippen LogP contribution >= 0.6 is 0 Å². The van der Waals surface area contributed by atoms with Crippen LogP contribution in [0.2, 0.25) is 0 Å². The standard InChI is InChI=1S/C15H20FNO/c1-9-4-5-12(11(16)8-9)17-13-10-6-7-18-14(10)15(13,2)3/h4-5,8,10,13-14,17H,6-7H2,1-3H3. The van der Waals surface area contributed by atoms with Crippen molar-refractivity contribution in [2.75, 3.05) is 11.9 Å². The summed E-state index contributed by atoms with van der Waals surface area (Å²) in [6, 6.07) is 5.67. The molecule has 18 heavy (non-hydrogen) atoms. The van der Waals surface area contributed by atoms with Gasteiger partial charge in [-0.3, -0.25) is 0 Å². The van der Waals surface area contributed by atoms with Crippen molar-refractivity contribution in [3.05, 3.63) is 29.6 Å². The van der Waals surface area contributed by atoms with Gasteiger partial charge in [0.1, 0.15) is 5.82 Å². The molecule has 1 aromatic rings. The Labute approximate surface area is 108 Å². The van der Waals surface area contributed by atoms with Gasteiger partial charge in [0.25, 0.3) is 0 Å². The maximum atomic E-state index is 13.9. The van der Waals surface area contributed by atoms with Crippen molar-refractivity contribution in [2.45, 2.75) is 39.3 Å². The first-order chi connectivity index (χ1) is 8.50. The first-order valence-electron chi connectivity index (χ1n) is 6.64. The van der Waals surface area contributed by atoms with Gasteiger partial charge in [0.05, 0.1) is 11.8 Å². The minimum atomic E-state index is -0.159. The number of aryl methyl sites for hydroxylation is 1. The van der Waals surface area contributed by atoms with Gasteiger partial charge in [-0.1, -0.05) is 19.9 Å². The zero-order valence-corrected chi connectivity index (χ0v) is 11.2. The zero-order valence-electron chi connectivity index (χ0n) is 11.2. The fourth-order valence-electron chi connectivity index (χ4n) is 3.52. The molecule has 1 N–H and O–H groups in total. The number of benzene rings is 1. The Hall–Kier alpha value is -1.09. The monoisotopic (exact) mass is 249 g/mol. The Kier molecular flexibility index (Phi) is 2.63. The van der Waals surface area contributed by atoms with Gasteiger partial charge < -0.3 is 10.1 Å². The van der Waals surface area contributed by atoms with Crippen LogP contribution in [0.15, 0.2) is 18.2 Å². The zero-order chi connectivity index (χ0) is 12.9. The van der Waals surface area contributed by atoms with Crippen molar-refractivity contribution in [3.63, 3.8) is 0 Å². The molecule has 3 rings (SSSR count). The molecule has 1 aliphatic carbocycles. The molecule has 0 bridgehead atoms. The third-order valence-corrected chi connectivity index (χ3v) is 4.54. The molecular formula is C15H20FNO. The number of anilines is 1. The highest BCUT2D eigenvalue weighted by Crippen LogP contribution is 2.53. The summed E-state index contributed by atoms with van der Waals surface area (Å²) in [5.41, 5.74) is 1.65. The lowest BCUT2D eigenvalue weighted by Gasteiger charge is -2.55.